The molecule has 14 heteroatoms. The van der Waals surface area contributed by atoms with Crippen molar-refractivity contribution in [1.29, 1.82) is 0 Å². The van der Waals surface area contributed by atoms with Crippen LogP contribution in [0.4, 0.5) is 0 Å². The first kappa shape index (κ1) is 26.7. The number of ether oxygens (including phenoxy) is 4. The quantitative estimate of drug-likeness (QED) is 0.206. The van der Waals surface area contributed by atoms with E-state index in [0.717, 1.165) is 32.8 Å². The zero-order chi connectivity index (χ0) is 23.2. The van der Waals surface area contributed by atoms with Gasteiger partial charge in [0.2, 0.25) is 6.29 Å². The summed E-state index contributed by atoms with van der Waals surface area (Å²) in [4.78, 5) is 23.1. The minimum atomic E-state index is -3.99. The Morgan fingerprint density at radius 3 is 1.83 bits per heavy atom. The fourth-order valence-corrected chi connectivity index (χ4v) is 3.49. The van der Waals surface area contributed by atoms with Crippen LogP contribution in [0.5, 0.6) is 0 Å². The molecular weight excluding hydrogens is 448 g/mol. The van der Waals surface area contributed by atoms with Gasteiger partial charge in [0.1, 0.15) is 19.3 Å². The molecule has 0 aliphatic carbocycles. The normalized spacial score (nSPS) is 23.8. The van der Waals surface area contributed by atoms with Gasteiger partial charge in [-0.3, -0.25) is 18.0 Å². The summed E-state index contributed by atoms with van der Waals surface area (Å²) in [5.74, 6) is -1.54. The van der Waals surface area contributed by atoms with E-state index in [2.05, 4.69) is 0 Å². The minimum Gasteiger partial charge on any atom is -0.453 e. The highest BCUT2D eigenvalue weighted by molar-refractivity contribution is 7.86. The van der Waals surface area contributed by atoms with Gasteiger partial charge in [0.25, 0.3) is 20.2 Å². The lowest BCUT2D eigenvalue weighted by atomic mass is 9.96. The molecule has 1 aliphatic heterocycles. The summed E-state index contributed by atoms with van der Waals surface area (Å²) in [5.41, 5.74) is -1.89. The lowest BCUT2D eigenvalue weighted by molar-refractivity contribution is -0.211. The highest BCUT2D eigenvalue weighted by Crippen LogP contribution is 2.38. The van der Waals surface area contributed by atoms with Crippen molar-refractivity contribution in [2.24, 2.45) is 0 Å². The number of carbonyl (C=O) groups excluding carboxylic acids is 2. The fourth-order valence-electron chi connectivity index (χ4n) is 2.66. The number of esters is 2. The SMILES string of the molecule is CCCCO[C@@H]1C(OC(C)=O)[C@H](OC(C)=O)OC1(COS(C)(=O)=O)COS(C)(=O)=O. The lowest BCUT2D eigenvalue weighted by Crippen LogP contribution is -2.53. The Kier molecular flexibility index (Phi) is 9.63. The van der Waals surface area contributed by atoms with Crippen LogP contribution in [0.25, 0.3) is 0 Å². The molecule has 1 saturated heterocycles. The highest BCUT2D eigenvalue weighted by Gasteiger charge is 2.60. The van der Waals surface area contributed by atoms with E-state index in [1.54, 1.807) is 0 Å². The number of hydrogen-bond acceptors (Lipinski definition) is 12. The third-order valence-corrected chi connectivity index (χ3v) is 4.94. The average Bonchev–Trinajstić information content (AvgIpc) is 2.83. The van der Waals surface area contributed by atoms with Crippen molar-refractivity contribution in [2.45, 2.75) is 57.7 Å². The predicted octanol–water partition coefficient (Wildman–Crippen LogP) is -0.286. The highest BCUT2D eigenvalue weighted by atomic mass is 32.2. The van der Waals surface area contributed by atoms with Crippen LogP contribution in [0.1, 0.15) is 33.6 Å². The average molecular weight is 477 g/mol. The van der Waals surface area contributed by atoms with E-state index >= 15 is 0 Å². The summed E-state index contributed by atoms with van der Waals surface area (Å²) in [6.07, 6.45) is -1.21. The molecule has 1 rings (SSSR count). The second-order valence-corrected chi connectivity index (χ2v) is 10.1. The van der Waals surface area contributed by atoms with Gasteiger partial charge in [0.05, 0.1) is 12.5 Å². The summed E-state index contributed by atoms with van der Waals surface area (Å²) in [5, 5.41) is 0. The summed E-state index contributed by atoms with van der Waals surface area (Å²) in [7, 11) is -7.98. The molecule has 0 saturated carbocycles. The van der Waals surface area contributed by atoms with E-state index < -0.39 is 69.5 Å². The van der Waals surface area contributed by atoms with Gasteiger partial charge in [0.15, 0.2) is 11.7 Å². The maximum Gasteiger partial charge on any atom is 0.305 e. The summed E-state index contributed by atoms with van der Waals surface area (Å²) < 4.78 is 77.7. The van der Waals surface area contributed by atoms with E-state index in [1.165, 1.54) is 0 Å². The van der Waals surface area contributed by atoms with Gasteiger partial charge in [-0.25, -0.2) is 0 Å². The van der Waals surface area contributed by atoms with Crippen molar-refractivity contribution in [3.8, 4) is 0 Å². The van der Waals surface area contributed by atoms with Crippen LogP contribution in [0.15, 0.2) is 0 Å². The smallest absolute Gasteiger partial charge is 0.305 e. The van der Waals surface area contributed by atoms with Gasteiger partial charge < -0.3 is 18.9 Å². The van der Waals surface area contributed by atoms with Crippen molar-refractivity contribution in [1.82, 2.24) is 0 Å². The van der Waals surface area contributed by atoms with Crippen LogP contribution in [0, 0.1) is 0 Å². The summed E-state index contributed by atoms with van der Waals surface area (Å²) >= 11 is 0. The van der Waals surface area contributed by atoms with Gasteiger partial charge in [-0.2, -0.15) is 16.8 Å². The molecular formula is C16H28O12S2. The van der Waals surface area contributed by atoms with Crippen LogP contribution in [-0.4, -0.2) is 85.2 Å². The standard InChI is InChI=1S/C16H28O12S2/c1-6-7-8-23-14-13(26-11(2)17)15(27-12(3)18)28-16(14,9-24-29(4,19)20)10-25-30(5,21)22/h13-15H,6-10H2,1-5H3/t13?,14-,15-/m1/s1. The van der Waals surface area contributed by atoms with Gasteiger partial charge in [-0.05, 0) is 6.42 Å². The number of carbonyl (C=O) groups is 2. The Bertz CT molecular complexity index is 768. The molecule has 12 nitrogen and oxygen atoms in total. The summed E-state index contributed by atoms with van der Waals surface area (Å²) in [6, 6.07) is 0. The first-order chi connectivity index (χ1) is 13.7. The topological polar surface area (TPSA) is 158 Å². The van der Waals surface area contributed by atoms with Gasteiger partial charge in [-0.15, -0.1) is 0 Å². The van der Waals surface area contributed by atoms with E-state index in [9.17, 15) is 26.4 Å². The molecule has 1 heterocycles. The van der Waals surface area contributed by atoms with Crippen LogP contribution >= 0.6 is 0 Å². The Labute approximate surface area is 176 Å². The molecule has 0 N–H and O–H groups in total. The van der Waals surface area contributed by atoms with Gasteiger partial charge >= 0.3 is 11.9 Å². The first-order valence-electron chi connectivity index (χ1n) is 9.02. The predicted molar refractivity (Wildman–Crippen MR) is 101 cm³/mol. The lowest BCUT2D eigenvalue weighted by Gasteiger charge is -2.33. The van der Waals surface area contributed by atoms with Crippen LogP contribution < -0.4 is 0 Å². The zero-order valence-corrected chi connectivity index (χ0v) is 19.1. The van der Waals surface area contributed by atoms with Crippen LogP contribution in [0.2, 0.25) is 0 Å². The van der Waals surface area contributed by atoms with Gasteiger partial charge in [0, 0.05) is 20.5 Å². The van der Waals surface area contributed by atoms with Crippen molar-refractivity contribution in [3.63, 3.8) is 0 Å². The molecule has 1 fully saturated rings. The number of hydrogen-bond donors (Lipinski definition) is 0. The molecule has 0 radical (unpaired) electrons. The molecule has 1 aliphatic rings. The second kappa shape index (κ2) is 10.8. The van der Waals surface area contributed by atoms with E-state index in [1.807, 2.05) is 6.92 Å². The Balaban J connectivity index is 3.40. The minimum absolute atomic E-state index is 0.134. The molecule has 176 valence electrons. The third kappa shape index (κ3) is 8.81. The molecule has 0 aromatic heterocycles. The van der Waals surface area contributed by atoms with Crippen molar-refractivity contribution >= 4 is 32.2 Å². The molecule has 0 spiro atoms. The van der Waals surface area contributed by atoms with Crippen LogP contribution in [-0.2, 0) is 57.1 Å². The monoisotopic (exact) mass is 476 g/mol. The Morgan fingerprint density at radius 2 is 1.43 bits per heavy atom. The molecule has 0 bridgehead atoms. The van der Waals surface area contributed by atoms with Gasteiger partial charge in [-0.1, -0.05) is 13.3 Å². The van der Waals surface area contributed by atoms with Crippen molar-refractivity contribution < 1.29 is 53.7 Å². The van der Waals surface area contributed by atoms with Crippen LogP contribution in [0.3, 0.4) is 0 Å². The second-order valence-electron chi connectivity index (χ2n) is 6.81. The fraction of sp³-hybridized carbons (Fsp3) is 0.875. The van der Waals surface area contributed by atoms with Crippen molar-refractivity contribution in [2.75, 3.05) is 32.3 Å². The maximum absolute atomic E-state index is 11.6. The van der Waals surface area contributed by atoms with E-state index in [4.69, 9.17) is 27.3 Å². The molecule has 0 aromatic rings. The molecule has 1 unspecified atom stereocenters. The molecule has 3 atom stereocenters. The molecule has 0 amide bonds. The van der Waals surface area contributed by atoms with Crippen molar-refractivity contribution in [3.05, 3.63) is 0 Å². The zero-order valence-electron chi connectivity index (χ0n) is 17.5. The van der Waals surface area contributed by atoms with E-state index in [-0.39, 0.29) is 6.61 Å². The molecule has 0 aromatic carbocycles. The summed E-state index contributed by atoms with van der Waals surface area (Å²) in [6.45, 7) is 2.73. The third-order valence-electron chi connectivity index (χ3n) is 3.85. The largest absolute Gasteiger partial charge is 0.453 e. The Morgan fingerprint density at radius 1 is 0.933 bits per heavy atom. The number of unbranched alkanes of at least 4 members (excludes halogenated alkanes) is 1. The maximum atomic E-state index is 11.6. The van der Waals surface area contributed by atoms with E-state index in [0.29, 0.717) is 6.42 Å². The first-order valence-corrected chi connectivity index (χ1v) is 12.6. The molecule has 30 heavy (non-hydrogen) atoms. The number of rotatable bonds is 12. The Hall–Kier alpha value is -1.32.